The molecule has 94 valence electrons. The average Bonchev–Trinajstić information content (AvgIpc) is 2.69. The van der Waals surface area contributed by atoms with E-state index >= 15 is 0 Å². The van der Waals surface area contributed by atoms with Gasteiger partial charge in [-0.05, 0) is 36.3 Å². The summed E-state index contributed by atoms with van der Waals surface area (Å²) in [5.41, 5.74) is 2.88. The lowest BCUT2D eigenvalue weighted by Crippen LogP contribution is -2.30. The smallest absolute Gasteiger partial charge is 0.0667 e. The van der Waals surface area contributed by atoms with Crippen molar-refractivity contribution in [1.29, 1.82) is 0 Å². The Hall–Kier alpha value is -0.860. The van der Waals surface area contributed by atoms with Gasteiger partial charge in [0.2, 0.25) is 0 Å². The van der Waals surface area contributed by atoms with Crippen LogP contribution in [-0.4, -0.2) is 17.8 Å². The van der Waals surface area contributed by atoms with E-state index < -0.39 is 0 Å². The Morgan fingerprint density at radius 1 is 1.35 bits per heavy atom. The van der Waals surface area contributed by atoms with Crippen molar-refractivity contribution in [3.8, 4) is 0 Å². The number of rotatable bonds is 5. The second-order valence-corrected chi connectivity index (χ2v) is 5.48. The molecule has 1 aromatic carbocycles. The van der Waals surface area contributed by atoms with Gasteiger partial charge in [-0.25, -0.2) is 0 Å². The van der Waals surface area contributed by atoms with Gasteiger partial charge in [0.1, 0.15) is 0 Å². The molecule has 2 atom stereocenters. The molecule has 0 fully saturated rings. The minimum Gasteiger partial charge on any atom is -0.392 e. The van der Waals surface area contributed by atoms with Crippen LogP contribution in [0.4, 0.5) is 0 Å². The first kappa shape index (κ1) is 12.6. The zero-order valence-corrected chi connectivity index (χ0v) is 10.8. The van der Waals surface area contributed by atoms with Gasteiger partial charge in [0, 0.05) is 12.6 Å². The number of fused-ring (bicyclic) bond motifs is 1. The number of aliphatic hydroxyl groups excluding tert-OH is 1. The van der Waals surface area contributed by atoms with E-state index in [0.717, 1.165) is 19.3 Å². The predicted molar refractivity (Wildman–Crippen MR) is 71.0 cm³/mol. The highest BCUT2D eigenvalue weighted by atomic mass is 16.3. The van der Waals surface area contributed by atoms with Crippen LogP contribution in [0.1, 0.15) is 43.9 Å². The normalized spacial score (nSPS) is 20.6. The number of aryl methyl sites for hydroxylation is 1. The van der Waals surface area contributed by atoms with Crippen molar-refractivity contribution < 1.29 is 5.11 Å². The van der Waals surface area contributed by atoms with Crippen molar-refractivity contribution in [3.05, 3.63) is 35.4 Å². The van der Waals surface area contributed by atoms with Crippen molar-refractivity contribution in [2.45, 2.75) is 45.3 Å². The molecular formula is C15H23NO. The molecule has 0 aromatic heterocycles. The van der Waals surface area contributed by atoms with Crippen molar-refractivity contribution in [1.82, 2.24) is 5.32 Å². The van der Waals surface area contributed by atoms with Gasteiger partial charge in [-0.1, -0.05) is 38.1 Å². The van der Waals surface area contributed by atoms with Crippen molar-refractivity contribution in [2.24, 2.45) is 5.92 Å². The van der Waals surface area contributed by atoms with Gasteiger partial charge in [-0.2, -0.15) is 0 Å². The molecule has 0 spiro atoms. The lowest BCUT2D eigenvalue weighted by Gasteiger charge is -2.18. The first-order chi connectivity index (χ1) is 8.16. The highest BCUT2D eigenvalue weighted by Gasteiger charge is 2.21. The van der Waals surface area contributed by atoms with Crippen LogP contribution in [-0.2, 0) is 6.42 Å². The van der Waals surface area contributed by atoms with Crippen molar-refractivity contribution in [2.75, 3.05) is 6.54 Å². The van der Waals surface area contributed by atoms with E-state index in [1.165, 1.54) is 11.1 Å². The zero-order valence-electron chi connectivity index (χ0n) is 10.8. The average molecular weight is 233 g/mol. The Labute approximate surface area is 104 Å². The third kappa shape index (κ3) is 3.30. The summed E-state index contributed by atoms with van der Waals surface area (Å²) >= 11 is 0. The molecule has 1 aliphatic rings. The van der Waals surface area contributed by atoms with E-state index in [1.807, 2.05) is 0 Å². The third-order valence-electron chi connectivity index (χ3n) is 3.48. The fraction of sp³-hybridized carbons (Fsp3) is 0.600. The summed E-state index contributed by atoms with van der Waals surface area (Å²) in [5.74, 6) is 0.558. The van der Waals surface area contributed by atoms with E-state index in [0.29, 0.717) is 18.5 Å². The summed E-state index contributed by atoms with van der Waals surface area (Å²) in [5, 5.41) is 13.4. The maximum absolute atomic E-state index is 9.87. The van der Waals surface area contributed by atoms with E-state index in [1.54, 1.807) is 0 Å². The molecule has 0 radical (unpaired) electrons. The standard InChI is InChI=1S/C15H23NO/c1-11(2)9-13(17)10-16-15-8-7-12-5-3-4-6-14(12)15/h3-6,11,13,15-17H,7-10H2,1-2H3. The van der Waals surface area contributed by atoms with Crippen LogP contribution in [0, 0.1) is 5.92 Å². The third-order valence-corrected chi connectivity index (χ3v) is 3.48. The fourth-order valence-electron chi connectivity index (χ4n) is 2.67. The van der Waals surface area contributed by atoms with E-state index in [-0.39, 0.29) is 6.10 Å². The Bertz CT molecular complexity index is 362. The lowest BCUT2D eigenvalue weighted by atomic mass is 10.0. The maximum atomic E-state index is 9.87. The molecule has 0 saturated heterocycles. The molecule has 2 unspecified atom stereocenters. The summed E-state index contributed by atoms with van der Waals surface area (Å²) in [4.78, 5) is 0. The molecule has 2 rings (SSSR count). The quantitative estimate of drug-likeness (QED) is 0.819. The summed E-state index contributed by atoms with van der Waals surface area (Å²) in [6, 6.07) is 9.06. The Balaban J connectivity index is 1.85. The summed E-state index contributed by atoms with van der Waals surface area (Å²) in [6.45, 7) is 5.00. The van der Waals surface area contributed by atoms with Gasteiger partial charge in [0.25, 0.3) is 0 Å². The van der Waals surface area contributed by atoms with Crippen molar-refractivity contribution >= 4 is 0 Å². The minimum atomic E-state index is -0.220. The lowest BCUT2D eigenvalue weighted by molar-refractivity contribution is 0.142. The predicted octanol–water partition coefficient (Wildman–Crippen LogP) is 2.67. The molecule has 2 nitrogen and oxygen atoms in total. The molecule has 2 N–H and O–H groups in total. The van der Waals surface area contributed by atoms with Crippen LogP contribution in [0.5, 0.6) is 0 Å². The summed E-state index contributed by atoms with van der Waals surface area (Å²) in [6.07, 6.45) is 2.98. The van der Waals surface area contributed by atoms with Crippen LogP contribution in [0.15, 0.2) is 24.3 Å². The molecule has 1 aromatic rings. The number of benzene rings is 1. The number of hydrogen-bond acceptors (Lipinski definition) is 2. The topological polar surface area (TPSA) is 32.3 Å². The largest absolute Gasteiger partial charge is 0.392 e. The van der Waals surface area contributed by atoms with Crippen LogP contribution in [0.2, 0.25) is 0 Å². The number of hydrogen-bond donors (Lipinski definition) is 2. The first-order valence-corrected chi connectivity index (χ1v) is 6.66. The fourth-order valence-corrected chi connectivity index (χ4v) is 2.67. The molecule has 0 aliphatic heterocycles. The van der Waals surface area contributed by atoms with E-state index in [4.69, 9.17) is 0 Å². The zero-order chi connectivity index (χ0) is 12.3. The molecule has 0 heterocycles. The summed E-state index contributed by atoms with van der Waals surface area (Å²) in [7, 11) is 0. The first-order valence-electron chi connectivity index (χ1n) is 6.66. The van der Waals surface area contributed by atoms with Crippen LogP contribution < -0.4 is 5.32 Å². The van der Waals surface area contributed by atoms with Gasteiger partial charge in [0.05, 0.1) is 6.10 Å². The van der Waals surface area contributed by atoms with Crippen LogP contribution in [0.3, 0.4) is 0 Å². The van der Waals surface area contributed by atoms with Crippen LogP contribution >= 0.6 is 0 Å². The Kier molecular flexibility index (Phi) is 4.19. The van der Waals surface area contributed by atoms with Crippen LogP contribution in [0.25, 0.3) is 0 Å². The molecular weight excluding hydrogens is 210 g/mol. The Morgan fingerprint density at radius 2 is 2.12 bits per heavy atom. The SMILES string of the molecule is CC(C)CC(O)CNC1CCc2ccccc21. The molecule has 0 saturated carbocycles. The molecule has 17 heavy (non-hydrogen) atoms. The second-order valence-electron chi connectivity index (χ2n) is 5.48. The Morgan fingerprint density at radius 3 is 2.88 bits per heavy atom. The van der Waals surface area contributed by atoms with Gasteiger partial charge >= 0.3 is 0 Å². The molecule has 1 aliphatic carbocycles. The summed E-state index contributed by atoms with van der Waals surface area (Å²) < 4.78 is 0. The maximum Gasteiger partial charge on any atom is 0.0667 e. The highest BCUT2D eigenvalue weighted by Crippen LogP contribution is 2.30. The van der Waals surface area contributed by atoms with Crippen molar-refractivity contribution in [3.63, 3.8) is 0 Å². The number of nitrogens with one attached hydrogen (secondary N) is 1. The molecule has 0 bridgehead atoms. The van der Waals surface area contributed by atoms with Gasteiger partial charge < -0.3 is 10.4 Å². The van der Waals surface area contributed by atoms with Gasteiger partial charge in [-0.3, -0.25) is 0 Å². The van der Waals surface area contributed by atoms with Gasteiger partial charge in [-0.15, -0.1) is 0 Å². The highest BCUT2D eigenvalue weighted by molar-refractivity contribution is 5.34. The van der Waals surface area contributed by atoms with E-state index in [2.05, 4.69) is 43.4 Å². The van der Waals surface area contributed by atoms with E-state index in [9.17, 15) is 5.11 Å². The second kappa shape index (κ2) is 5.65. The minimum absolute atomic E-state index is 0.220. The molecule has 0 amide bonds. The van der Waals surface area contributed by atoms with Gasteiger partial charge in [0.15, 0.2) is 0 Å². The number of aliphatic hydroxyl groups is 1. The molecule has 2 heteroatoms. The monoisotopic (exact) mass is 233 g/mol.